The van der Waals surface area contributed by atoms with Crippen LogP contribution in [0.25, 0.3) is 11.3 Å². The maximum Gasteiger partial charge on any atom is 0.237 e. The molecule has 1 fully saturated rings. The average molecular weight is 607 g/mol. The third kappa shape index (κ3) is 6.91. The Labute approximate surface area is 237 Å². The molecule has 9 nitrogen and oxygen atoms in total. The van der Waals surface area contributed by atoms with E-state index in [1.165, 1.54) is 42.7 Å². The largest absolute Gasteiger partial charge is 0.435 e. The van der Waals surface area contributed by atoms with Gasteiger partial charge in [-0.15, -0.1) is 0 Å². The summed E-state index contributed by atoms with van der Waals surface area (Å²) in [4.78, 5) is 12.6. The van der Waals surface area contributed by atoms with Crippen molar-refractivity contribution in [2.75, 3.05) is 23.1 Å². The van der Waals surface area contributed by atoms with E-state index < -0.39 is 56.7 Å². The second-order valence-corrected chi connectivity index (χ2v) is 11.1. The summed E-state index contributed by atoms with van der Waals surface area (Å²) >= 11 is 0. The summed E-state index contributed by atoms with van der Waals surface area (Å²) in [5, 5.41) is 6.00. The van der Waals surface area contributed by atoms with Crippen LogP contribution < -0.4 is 20.1 Å². The van der Waals surface area contributed by atoms with Gasteiger partial charge in [0.05, 0.1) is 17.0 Å². The topological polar surface area (TPSA) is 118 Å². The van der Waals surface area contributed by atoms with Crippen LogP contribution in [0.5, 0.6) is 11.6 Å². The van der Waals surface area contributed by atoms with Gasteiger partial charge in [0, 0.05) is 44.0 Å². The predicted molar refractivity (Wildman–Crippen MR) is 144 cm³/mol. The number of hydrogen-bond donors (Lipinski definition) is 3. The van der Waals surface area contributed by atoms with E-state index >= 15 is 4.39 Å². The minimum atomic E-state index is -4.41. The highest BCUT2D eigenvalue weighted by atomic mass is 32.2. The maximum atomic E-state index is 15.0. The molecule has 3 N–H and O–H groups in total. The molecule has 3 heterocycles. The zero-order valence-electron chi connectivity index (χ0n) is 21.6. The number of ether oxygens (including phenoxy) is 1. The minimum absolute atomic E-state index is 0.137. The molecule has 0 aliphatic carbocycles. The average Bonchev–Trinajstić information content (AvgIpc) is 2.95. The predicted octanol–water partition coefficient (Wildman–Crippen LogP) is 4.94. The Balaban J connectivity index is 1.37. The van der Waals surface area contributed by atoms with E-state index in [0.717, 1.165) is 12.1 Å². The highest BCUT2D eigenvalue weighted by Gasteiger charge is 2.26. The first-order chi connectivity index (χ1) is 20.1. The van der Waals surface area contributed by atoms with Crippen LogP contribution in [-0.4, -0.2) is 48.7 Å². The summed E-state index contributed by atoms with van der Waals surface area (Å²) in [6.45, 7) is 0.764. The second kappa shape index (κ2) is 12.2. The lowest BCUT2D eigenvalue weighted by molar-refractivity contribution is 0.254. The first-order valence-corrected chi connectivity index (χ1v) is 14.2. The molecule has 4 aromatic rings. The number of nitrogens with one attached hydrogen (secondary N) is 3. The van der Waals surface area contributed by atoms with Crippen LogP contribution in [0.15, 0.2) is 60.9 Å². The van der Waals surface area contributed by atoms with Crippen molar-refractivity contribution in [2.45, 2.75) is 24.4 Å². The van der Waals surface area contributed by atoms with Gasteiger partial charge in [0.2, 0.25) is 27.7 Å². The number of rotatable bonds is 9. The fourth-order valence-corrected chi connectivity index (χ4v) is 5.47. The van der Waals surface area contributed by atoms with E-state index in [4.69, 9.17) is 4.74 Å². The number of piperidine rings is 1. The van der Waals surface area contributed by atoms with Crippen molar-refractivity contribution in [1.82, 2.24) is 20.3 Å². The fourth-order valence-electron chi connectivity index (χ4n) is 4.26. The number of pyridine rings is 1. The molecular formula is C27H23F5N6O3S. The molecule has 1 aliphatic heterocycles. The van der Waals surface area contributed by atoms with Crippen LogP contribution in [0.1, 0.15) is 12.0 Å². The fraction of sp³-hybridized carbons (Fsp3) is 0.222. The number of sulfonamides is 1. The van der Waals surface area contributed by atoms with Crippen molar-refractivity contribution in [2.24, 2.45) is 0 Å². The lowest BCUT2D eigenvalue weighted by Gasteiger charge is -2.26. The summed E-state index contributed by atoms with van der Waals surface area (Å²) in [6.07, 6.45) is 1.97. The molecule has 2 atom stereocenters. The van der Waals surface area contributed by atoms with Gasteiger partial charge in [-0.25, -0.2) is 40.9 Å². The first kappa shape index (κ1) is 29.1. The molecule has 15 heteroatoms. The number of aromatic nitrogens is 3. The first-order valence-electron chi connectivity index (χ1n) is 12.6. The van der Waals surface area contributed by atoms with Gasteiger partial charge in [0.25, 0.3) is 0 Å². The van der Waals surface area contributed by atoms with E-state index in [2.05, 4.69) is 25.6 Å². The molecule has 0 amide bonds. The van der Waals surface area contributed by atoms with Gasteiger partial charge in [-0.05, 0) is 35.9 Å². The standard InChI is InChI=1S/C27H23F5N6O3S/c28-16-5-3-15(4-6-16)14-42(39,40)38-25-20(30)11-22(23(31)24(25)32)41-26-19(2-1-8-34-26)21-7-9-35-27(37-21)36-18-10-17(29)12-33-13-18/h1-9,11,17-18,33,38H,10,12-14H2,(H,35,36,37)/t17-,18-/m0/s1. The molecule has 2 aromatic carbocycles. The van der Waals surface area contributed by atoms with Gasteiger partial charge in [-0.1, -0.05) is 12.1 Å². The molecule has 0 spiro atoms. The summed E-state index contributed by atoms with van der Waals surface area (Å²) in [7, 11) is -4.41. The molecule has 2 aromatic heterocycles. The number of nitrogens with zero attached hydrogens (tertiary/aromatic N) is 3. The second-order valence-electron chi connectivity index (χ2n) is 9.40. The molecular weight excluding hydrogens is 583 g/mol. The third-order valence-electron chi connectivity index (χ3n) is 6.19. The molecule has 42 heavy (non-hydrogen) atoms. The Kier molecular flexibility index (Phi) is 8.49. The highest BCUT2D eigenvalue weighted by molar-refractivity contribution is 7.91. The molecule has 0 unspecified atom stereocenters. The van der Waals surface area contributed by atoms with Crippen LogP contribution in [0.3, 0.4) is 0 Å². The third-order valence-corrected chi connectivity index (χ3v) is 7.42. The monoisotopic (exact) mass is 606 g/mol. The summed E-state index contributed by atoms with van der Waals surface area (Å²) < 4.78 is 104. The molecule has 1 saturated heterocycles. The van der Waals surface area contributed by atoms with Gasteiger partial charge in [-0.3, -0.25) is 4.72 Å². The molecule has 1 aliphatic rings. The Morgan fingerprint density at radius 1 is 0.976 bits per heavy atom. The van der Waals surface area contributed by atoms with Crippen molar-refractivity contribution in [1.29, 1.82) is 0 Å². The number of anilines is 2. The minimum Gasteiger partial charge on any atom is -0.435 e. The molecule has 5 rings (SSSR count). The van der Waals surface area contributed by atoms with Gasteiger partial charge in [0.15, 0.2) is 17.4 Å². The molecule has 0 saturated carbocycles. The quantitative estimate of drug-likeness (QED) is 0.181. The van der Waals surface area contributed by atoms with Crippen LogP contribution >= 0.6 is 0 Å². The lowest BCUT2D eigenvalue weighted by atomic mass is 10.1. The number of hydrogen-bond acceptors (Lipinski definition) is 8. The van der Waals surface area contributed by atoms with Crippen LogP contribution in [-0.2, 0) is 15.8 Å². The van der Waals surface area contributed by atoms with Crippen molar-refractivity contribution < 1.29 is 35.1 Å². The van der Waals surface area contributed by atoms with Crippen molar-refractivity contribution in [3.63, 3.8) is 0 Å². The Morgan fingerprint density at radius 2 is 1.76 bits per heavy atom. The molecule has 0 bridgehead atoms. The van der Waals surface area contributed by atoms with Crippen molar-refractivity contribution >= 4 is 21.7 Å². The zero-order chi connectivity index (χ0) is 29.9. The van der Waals surface area contributed by atoms with Crippen molar-refractivity contribution in [3.05, 3.63) is 89.8 Å². The van der Waals surface area contributed by atoms with Gasteiger partial charge >= 0.3 is 0 Å². The van der Waals surface area contributed by atoms with E-state index in [1.54, 1.807) is 4.72 Å². The van der Waals surface area contributed by atoms with Gasteiger partial charge in [0.1, 0.15) is 17.7 Å². The van der Waals surface area contributed by atoms with E-state index in [1.807, 2.05) is 0 Å². The highest BCUT2D eigenvalue weighted by Crippen LogP contribution is 2.36. The van der Waals surface area contributed by atoms with E-state index in [0.29, 0.717) is 12.6 Å². The van der Waals surface area contributed by atoms with Gasteiger partial charge < -0.3 is 15.4 Å². The summed E-state index contributed by atoms with van der Waals surface area (Å²) in [5.41, 5.74) is -0.625. The van der Waals surface area contributed by atoms with Gasteiger partial charge in [-0.2, -0.15) is 4.39 Å². The summed E-state index contributed by atoms with van der Waals surface area (Å²) in [5.74, 6) is -7.29. The van der Waals surface area contributed by atoms with Crippen LogP contribution in [0.2, 0.25) is 0 Å². The summed E-state index contributed by atoms with van der Waals surface area (Å²) in [6, 6.07) is 9.20. The van der Waals surface area contributed by atoms with Crippen LogP contribution in [0, 0.1) is 23.3 Å². The van der Waals surface area contributed by atoms with E-state index in [9.17, 15) is 26.0 Å². The maximum absolute atomic E-state index is 15.0. The van der Waals surface area contributed by atoms with E-state index in [-0.39, 0.29) is 47.7 Å². The normalized spacial score (nSPS) is 17.1. The zero-order valence-corrected chi connectivity index (χ0v) is 22.4. The number of halogens is 5. The van der Waals surface area contributed by atoms with Crippen molar-refractivity contribution in [3.8, 4) is 22.9 Å². The Hall–Kier alpha value is -4.37. The molecule has 0 radical (unpaired) electrons. The number of benzene rings is 2. The Morgan fingerprint density at radius 3 is 2.52 bits per heavy atom. The smallest absolute Gasteiger partial charge is 0.237 e. The van der Waals surface area contributed by atoms with Crippen LogP contribution in [0.4, 0.5) is 33.6 Å². The number of alkyl halides is 1. The molecule has 220 valence electrons. The lowest BCUT2D eigenvalue weighted by Crippen LogP contribution is -2.44. The Bertz CT molecular complexity index is 1690. The SMILES string of the molecule is O=S(=O)(Cc1ccc(F)cc1)Nc1c(F)cc(Oc2ncccc2-c2ccnc(N[C@@H]3CNC[C@@H](F)C3)n2)c(F)c1F.